The van der Waals surface area contributed by atoms with E-state index in [1.807, 2.05) is 42.5 Å². The van der Waals surface area contributed by atoms with Crippen LogP contribution in [-0.2, 0) is 0 Å². The summed E-state index contributed by atoms with van der Waals surface area (Å²) in [5, 5.41) is 0. The van der Waals surface area contributed by atoms with Crippen molar-refractivity contribution >= 4 is 5.69 Å². The first-order valence-electron chi connectivity index (χ1n) is 7.14. The van der Waals surface area contributed by atoms with Crippen molar-refractivity contribution in [3.05, 3.63) is 54.6 Å². The van der Waals surface area contributed by atoms with E-state index < -0.39 is 0 Å². The molecule has 1 aliphatic heterocycles. The third-order valence-electron chi connectivity index (χ3n) is 3.80. The molecule has 0 radical (unpaired) electrons. The van der Waals surface area contributed by atoms with Gasteiger partial charge in [-0.1, -0.05) is 30.3 Å². The van der Waals surface area contributed by atoms with Gasteiger partial charge < -0.3 is 15.4 Å². The van der Waals surface area contributed by atoms with Crippen LogP contribution in [0.5, 0.6) is 11.5 Å². The second kappa shape index (κ2) is 5.97. The highest BCUT2D eigenvalue weighted by atomic mass is 16.5. The van der Waals surface area contributed by atoms with Crippen molar-refractivity contribution in [3.63, 3.8) is 0 Å². The maximum atomic E-state index is 6.02. The molecule has 1 unspecified atom stereocenters. The highest BCUT2D eigenvalue weighted by Crippen LogP contribution is 2.34. The van der Waals surface area contributed by atoms with Crippen LogP contribution in [0.15, 0.2) is 54.6 Å². The molecule has 0 saturated carbocycles. The Kier molecular flexibility index (Phi) is 3.88. The molecule has 3 heteroatoms. The number of anilines is 1. The molecular formula is C17H20N2O. The first-order valence-corrected chi connectivity index (χ1v) is 7.14. The van der Waals surface area contributed by atoms with E-state index in [2.05, 4.69) is 17.0 Å². The van der Waals surface area contributed by atoms with E-state index in [1.165, 1.54) is 0 Å². The second-order valence-electron chi connectivity index (χ2n) is 5.22. The maximum absolute atomic E-state index is 6.02. The number of nitrogens with zero attached hydrogens (tertiary/aromatic N) is 1. The first kappa shape index (κ1) is 13.0. The monoisotopic (exact) mass is 268 g/mol. The summed E-state index contributed by atoms with van der Waals surface area (Å²) in [6, 6.07) is 18.1. The molecule has 2 N–H and O–H groups in total. The smallest absolute Gasteiger partial charge is 0.150 e. The lowest BCUT2D eigenvalue weighted by Gasteiger charge is -2.21. The van der Waals surface area contributed by atoms with Gasteiger partial charge >= 0.3 is 0 Å². The maximum Gasteiger partial charge on any atom is 0.150 e. The van der Waals surface area contributed by atoms with Gasteiger partial charge in [0.15, 0.2) is 5.75 Å². The van der Waals surface area contributed by atoms with Crippen molar-refractivity contribution in [2.75, 3.05) is 24.5 Å². The number of rotatable bonds is 4. The lowest BCUT2D eigenvalue weighted by molar-refractivity contribution is 0.482. The summed E-state index contributed by atoms with van der Waals surface area (Å²) in [5.41, 5.74) is 6.94. The van der Waals surface area contributed by atoms with Gasteiger partial charge in [-0.15, -0.1) is 0 Å². The Morgan fingerprint density at radius 2 is 1.80 bits per heavy atom. The van der Waals surface area contributed by atoms with Crippen LogP contribution in [0, 0.1) is 5.92 Å². The van der Waals surface area contributed by atoms with E-state index in [1.54, 1.807) is 0 Å². The van der Waals surface area contributed by atoms with Crippen LogP contribution in [0.25, 0.3) is 0 Å². The summed E-state index contributed by atoms with van der Waals surface area (Å²) in [6.07, 6.45) is 1.16. The normalized spacial score (nSPS) is 18.2. The Balaban J connectivity index is 1.82. The van der Waals surface area contributed by atoms with Crippen LogP contribution in [-0.4, -0.2) is 19.6 Å². The molecule has 3 rings (SSSR count). The minimum Gasteiger partial charge on any atom is -0.455 e. The summed E-state index contributed by atoms with van der Waals surface area (Å²) < 4.78 is 6.02. The SMILES string of the molecule is NCC1CCN(c2ccccc2Oc2ccccc2)C1. The van der Waals surface area contributed by atoms with Gasteiger partial charge in [0.1, 0.15) is 5.75 Å². The number of nitrogens with two attached hydrogens (primary N) is 1. The Labute approximate surface area is 120 Å². The van der Waals surface area contributed by atoms with Crippen LogP contribution in [0.2, 0.25) is 0 Å². The van der Waals surface area contributed by atoms with Crippen LogP contribution in [0.1, 0.15) is 6.42 Å². The van der Waals surface area contributed by atoms with E-state index >= 15 is 0 Å². The molecule has 104 valence electrons. The molecule has 0 amide bonds. The third-order valence-corrected chi connectivity index (χ3v) is 3.80. The molecule has 20 heavy (non-hydrogen) atoms. The molecule has 3 nitrogen and oxygen atoms in total. The molecule has 2 aromatic carbocycles. The number of hydrogen-bond donors (Lipinski definition) is 1. The predicted molar refractivity (Wildman–Crippen MR) is 82.3 cm³/mol. The Morgan fingerprint density at radius 1 is 1.05 bits per heavy atom. The average Bonchev–Trinajstić information content (AvgIpc) is 2.98. The highest BCUT2D eigenvalue weighted by Gasteiger charge is 2.23. The summed E-state index contributed by atoms with van der Waals surface area (Å²) in [5.74, 6) is 2.38. The van der Waals surface area contributed by atoms with E-state index in [-0.39, 0.29) is 0 Å². The fraction of sp³-hybridized carbons (Fsp3) is 0.294. The van der Waals surface area contributed by atoms with Crippen molar-refractivity contribution in [1.82, 2.24) is 0 Å². The molecule has 1 saturated heterocycles. The quantitative estimate of drug-likeness (QED) is 0.925. The molecule has 1 fully saturated rings. The molecule has 1 atom stereocenters. The van der Waals surface area contributed by atoms with Gasteiger partial charge in [0.05, 0.1) is 5.69 Å². The van der Waals surface area contributed by atoms with Crippen molar-refractivity contribution in [3.8, 4) is 11.5 Å². The molecule has 0 bridgehead atoms. The van der Waals surface area contributed by atoms with E-state index in [9.17, 15) is 0 Å². The Morgan fingerprint density at radius 3 is 2.55 bits per heavy atom. The lowest BCUT2D eigenvalue weighted by Crippen LogP contribution is -2.22. The van der Waals surface area contributed by atoms with Crippen molar-refractivity contribution < 1.29 is 4.74 Å². The van der Waals surface area contributed by atoms with Crippen LogP contribution in [0.3, 0.4) is 0 Å². The van der Waals surface area contributed by atoms with E-state index in [0.29, 0.717) is 5.92 Å². The lowest BCUT2D eigenvalue weighted by atomic mass is 10.1. The molecule has 1 aliphatic rings. The van der Waals surface area contributed by atoms with Gasteiger partial charge in [-0.2, -0.15) is 0 Å². The van der Waals surface area contributed by atoms with Gasteiger partial charge in [0.25, 0.3) is 0 Å². The number of para-hydroxylation sites is 3. The zero-order chi connectivity index (χ0) is 13.8. The first-order chi connectivity index (χ1) is 9.86. The molecule has 1 heterocycles. The van der Waals surface area contributed by atoms with E-state index in [4.69, 9.17) is 10.5 Å². The summed E-state index contributed by atoms with van der Waals surface area (Å²) >= 11 is 0. The van der Waals surface area contributed by atoms with Crippen molar-refractivity contribution in [2.24, 2.45) is 11.7 Å². The summed E-state index contributed by atoms with van der Waals surface area (Å²) in [6.45, 7) is 2.83. The Hall–Kier alpha value is -2.00. The fourth-order valence-electron chi connectivity index (χ4n) is 2.66. The molecule has 0 aliphatic carbocycles. The van der Waals surface area contributed by atoms with Gasteiger partial charge in [0.2, 0.25) is 0 Å². The van der Waals surface area contributed by atoms with Crippen LogP contribution in [0.4, 0.5) is 5.69 Å². The number of ether oxygens (including phenoxy) is 1. The summed E-state index contributed by atoms with van der Waals surface area (Å²) in [7, 11) is 0. The minimum absolute atomic E-state index is 0.597. The van der Waals surface area contributed by atoms with Crippen LogP contribution < -0.4 is 15.4 Å². The molecule has 0 aromatic heterocycles. The standard InChI is InChI=1S/C17H20N2O/c18-12-14-10-11-19(13-14)16-8-4-5-9-17(16)20-15-6-2-1-3-7-15/h1-9,14H,10-13,18H2. The zero-order valence-electron chi connectivity index (χ0n) is 11.5. The van der Waals surface area contributed by atoms with Gasteiger partial charge in [-0.3, -0.25) is 0 Å². The average molecular weight is 268 g/mol. The minimum atomic E-state index is 0.597. The highest BCUT2D eigenvalue weighted by molar-refractivity contribution is 5.60. The fourth-order valence-corrected chi connectivity index (χ4v) is 2.66. The molecule has 0 spiro atoms. The molecular weight excluding hydrogens is 248 g/mol. The molecule has 2 aromatic rings. The zero-order valence-corrected chi connectivity index (χ0v) is 11.5. The van der Waals surface area contributed by atoms with Gasteiger partial charge in [0, 0.05) is 13.1 Å². The van der Waals surface area contributed by atoms with Crippen molar-refractivity contribution in [1.29, 1.82) is 0 Å². The van der Waals surface area contributed by atoms with Gasteiger partial charge in [-0.05, 0) is 43.1 Å². The Bertz CT molecular complexity index is 556. The van der Waals surface area contributed by atoms with E-state index in [0.717, 1.165) is 43.2 Å². The number of benzene rings is 2. The third kappa shape index (κ3) is 2.78. The second-order valence-corrected chi connectivity index (χ2v) is 5.22. The predicted octanol–water partition coefficient (Wildman–Crippen LogP) is 3.26. The van der Waals surface area contributed by atoms with Crippen molar-refractivity contribution in [2.45, 2.75) is 6.42 Å². The van der Waals surface area contributed by atoms with Gasteiger partial charge in [-0.25, -0.2) is 0 Å². The largest absolute Gasteiger partial charge is 0.455 e. The topological polar surface area (TPSA) is 38.5 Å². The van der Waals surface area contributed by atoms with Crippen LogP contribution >= 0.6 is 0 Å². The summed E-state index contributed by atoms with van der Waals surface area (Å²) in [4.78, 5) is 2.37. The number of hydrogen-bond acceptors (Lipinski definition) is 3.